The van der Waals surface area contributed by atoms with Gasteiger partial charge in [-0.15, -0.1) is 0 Å². The number of nitrogens with two attached hydrogens (primary N) is 1. The molecule has 17 rings (SSSR count). The van der Waals surface area contributed by atoms with Crippen LogP contribution in [0.25, 0.3) is 11.1 Å². The third-order valence-electron chi connectivity index (χ3n) is 26.9. The lowest BCUT2D eigenvalue weighted by atomic mass is 9.54. The quantitative estimate of drug-likeness (QED) is 0.0363. The fourth-order valence-electron chi connectivity index (χ4n) is 19.8. The highest BCUT2D eigenvalue weighted by Gasteiger charge is 2.54. The van der Waals surface area contributed by atoms with E-state index < -0.39 is 249 Å². The van der Waals surface area contributed by atoms with Gasteiger partial charge in [0.15, 0.2) is 23.9 Å². The van der Waals surface area contributed by atoms with E-state index in [0.29, 0.717) is 31.1 Å². The molecule has 7 fully saturated rings. The average molecular weight is 1900 g/mol. The molecule has 7 aliphatic heterocycles. The highest BCUT2D eigenvalue weighted by molar-refractivity contribution is 7.89. The Kier molecular flexibility index (Phi) is 31.4. The number of aliphatic hydroxyl groups excluding tert-OH is 6. The van der Waals surface area contributed by atoms with E-state index in [4.69, 9.17) is 45.8 Å². The number of hydrogen-bond donors (Lipinski definition) is 22. The number of nitrogens with one attached hydrogen (secondary N) is 12. The number of aliphatic hydroxyl groups is 6. The fraction of sp³-hybridized carbons (Fsp3) is 0.598. The first-order valence-electron chi connectivity index (χ1n) is 45.9. The van der Waals surface area contributed by atoms with Crippen molar-refractivity contribution < 1.29 is 126 Å². The normalized spacial score (nSPS) is 31.1. The number of ether oxygens (including phenoxy) is 6. The molecular weight excluding hydrogens is 1770 g/mol. The molecule has 0 radical (unpaired) electrons. The maximum absolute atomic E-state index is 16.8. The Hall–Kier alpha value is -9.89. The number of rotatable bonds is 28. The number of halogens is 1. The number of carbonyl (C=O) groups excluding carboxylic acids is 9. The summed E-state index contributed by atoms with van der Waals surface area (Å²) in [5.74, 6) is -12.9. The molecule has 6 aliphatic carbocycles. The minimum atomic E-state index is -3.65. The third-order valence-corrected chi connectivity index (χ3v) is 28.8. The smallest absolute Gasteiger partial charge is 0.321 e. The van der Waals surface area contributed by atoms with Crippen LogP contribution in [0.3, 0.4) is 0 Å². The average Bonchev–Trinajstić information content (AvgIpc) is 1.60. The molecule has 23 N–H and O–H groups in total. The molecule has 15 bridgehead atoms. The summed E-state index contributed by atoms with van der Waals surface area (Å²) in [4.78, 5) is 139. The molecule has 4 aromatic rings. The van der Waals surface area contributed by atoms with E-state index in [2.05, 4.69) is 70.1 Å². The Labute approximate surface area is 774 Å². The monoisotopic (exact) mass is 1890 g/mol. The molecule has 0 spiro atoms. The van der Waals surface area contributed by atoms with Crippen LogP contribution in [-0.2, 0) is 69.1 Å². The molecule has 13 aliphatic rings. The summed E-state index contributed by atoms with van der Waals surface area (Å²) in [6.07, 6.45) is -8.16. The molecular formula is C92H124ClN13O26S. The minimum absolute atomic E-state index is 0.00806. The second kappa shape index (κ2) is 42.2. The molecule has 41 heteroatoms. The van der Waals surface area contributed by atoms with Crippen molar-refractivity contribution in [1.29, 1.82) is 0 Å². The SMILES string of the molecule is CCCCCCCS(=O)(=O)NCCCNCc1c(O)cc2c(c1O)-c1cc(ccc1O)[C@H]1NC(=O)[C@@H]3NC(=O)[C@H](CC(=O)NC(=O)NC4CC4)NC(=O)[C@H](NC(=O)[C@@H](CC(C)C)NC)[C@H](O)c4ccc(c(C)c4)Oc4cc3cc(c4O[C@@H]3O[C@H](CO)[C@@H](O)[C@H](O)[C@H]3O[C@H]3C[C@](C)(N)[C@H](O)[C@H](C)O3)O[C@@H]3CC=C(C=C3Cl)[C@@H](O)[C@H](NC1=O)C(=O)N[C@@H]2C(=O)NC1C2CC3CC(C2)CC1C3. The lowest BCUT2D eigenvalue weighted by molar-refractivity contribution is -0.333. The number of aryl methyl sites for hydroxylation is 1. The highest BCUT2D eigenvalue weighted by atomic mass is 35.5. The van der Waals surface area contributed by atoms with Crippen molar-refractivity contribution in [2.24, 2.45) is 35.3 Å². The molecule has 10 amide bonds. The summed E-state index contributed by atoms with van der Waals surface area (Å²) in [5.41, 5.74) is 3.01. The summed E-state index contributed by atoms with van der Waals surface area (Å²) in [6, 6.07) is -5.16. The van der Waals surface area contributed by atoms with Crippen molar-refractivity contribution >= 4 is 74.9 Å². The van der Waals surface area contributed by atoms with Crippen LogP contribution in [0.5, 0.6) is 40.2 Å². The maximum atomic E-state index is 16.8. The van der Waals surface area contributed by atoms with Gasteiger partial charge in [-0.3, -0.25) is 43.7 Å². The van der Waals surface area contributed by atoms with Gasteiger partial charge in [-0.25, -0.2) is 17.9 Å². The Morgan fingerprint density at radius 2 is 1.43 bits per heavy atom. The number of aromatic hydroxyl groups is 3. The van der Waals surface area contributed by atoms with Crippen molar-refractivity contribution in [3.05, 3.63) is 111 Å². The van der Waals surface area contributed by atoms with E-state index in [1.54, 1.807) is 0 Å². The van der Waals surface area contributed by atoms with E-state index in [1.807, 2.05) is 13.8 Å². The number of carbonyl (C=O) groups is 9. The lowest BCUT2D eigenvalue weighted by Gasteiger charge is -2.54. The molecule has 0 unspecified atom stereocenters. The Balaban J connectivity index is 0.945. The van der Waals surface area contributed by atoms with Crippen LogP contribution in [0.4, 0.5) is 4.79 Å². The summed E-state index contributed by atoms with van der Waals surface area (Å²) in [5, 5.41) is 139. The predicted molar refractivity (Wildman–Crippen MR) is 478 cm³/mol. The lowest BCUT2D eigenvalue weighted by Crippen LogP contribution is -2.64. The molecule has 39 nitrogen and oxygen atoms in total. The van der Waals surface area contributed by atoms with Gasteiger partial charge in [-0.2, -0.15) is 0 Å². The Bertz CT molecular complexity index is 5190. The largest absolute Gasteiger partial charge is 0.507 e. The van der Waals surface area contributed by atoms with Crippen molar-refractivity contribution in [2.45, 2.75) is 285 Å². The van der Waals surface area contributed by atoms with Gasteiger partial charge < -0.3 is 133 Å². The number of hydrogen-bond acceptors (Lipinski definition) is 29. The maximum Gasteiger partial charge on any atom is 0.321 e. The standard InChI is InChI=1S/C92H124ClN13O26S/c1-8-9-10-11-12-24-133(125,126)97-23-13-22-96-39-55-60(109)36-54-68(77(55)113)53-32-46(14-19-59(53)108)70-85(119)106-74(89(123)104-72(54)87(121)101-69-49-28-44-27-45(30-49)31-50(69)29-44)76(112)48-16-21-62(56(93)33-48)129-64-35-51-34-63(80(64)132-90-81(79(115)78(114)65(40-107)130-90)131-67-38-92(6,94)82(116)43(5)127-67)128-61-20-15-47(26-42(61)4)75(111)73(105-83(117)57(95-7)25-41(2)3)88(122)99-58(84(118)102-71(51)86(120)103-70)37-66(110)100-91(124)98-52-17-18-52/h14-16,19-20,26,32-36,41,43-45,49-50,52,57-58,62,65,67,69-76,78-79,81-82,90,95-97,107-109,111-116H,8-13,17-18,21-25,27-31,37-40,94H2,1-7H3,(H,99,122)(H,101,121)(H,102,118)(H,103,120)(H,104,123)(H,105,117)(H,106,119)(H2,98,100,110,124)/t43-,44?,45?,49?,50?,57+,58-,62+,65+,67-,69?,70+,71+,72-,73+,74-,75+,76+,78+,79-,81+,82+,90-,92-/m0/s1. The van der Waals surface area contributed by atoms with Gasteiger partial charge >= 0.3 is 6.03 Å². The van der Waals surface area contributed by atoms with Crippen molar-refractivity contribution in [3.8, 4) is 51.4 Å². The number of phenols is 3. The Morgan fingerprint density at radius 1 is 0.737 bits per heavy atom. The first-order valence-corrected chi connectivity index (χ1v) is 47.9. The van der Waals surface area contributed by atoms with E-state index >= 15 is 28.8 Å². The van der Waals surface area contributed by atoms with E-state index in [-0.39, 0.29) is 119 Å². The van der Waals surface area contributed by atoms with Crippen LogP contribution in [-0.4, -0.2) is 243 Å². The van der Waals surface area contributed by atoms with E-state index in [1.165, 1.54) is 58.2 Å². The van der Waals surface area contributed by atoms with Crippen LogP contribution in [0, 0.1) is 36.5 Å². The number of sulfonamides is 1. The number of fused-ring (bicyclic) bond motifs is 14. The van der Waals surface area contributed by atoms with E-state index in [0.717, 1.165) is 94.2 Å². The second-order valence-electron chi connectivity index (χ2n) is 37.7. The number of amides is 10. The van der Waals surface area contributed by atoms with Crippen molar-refractivity contribution in [1.82, 2.24) is 63.2 Å². The summed E-state index contributed by atoms with van der Waals surface area (Å²) >= 11 is 7.42. The van der Waals surface area contributed by atoms with Gasteiger partial charge in [0.2, 0.25) is 69.3 Å². The van der Waals surface area contributed by atoms with Gasteiger partial charge in [0.1, 0.15) is 95.9 Å². The van der Waals surface area contributed by atoms with Crippen molar-refractivity contribution in [3.63, 3.8) is 0 Å². The third kappa shape index (κ3) is 22.9. The Morgan fingerprint density at radius 3 is 2.11 bits per heavy atom. The number of phenolic OH excluding ortho intramolecular Hbond substituents is 3. The summed E-state index contributed by atoms with van der Waals surface area (Å²) in [6.45, 7) is 9.05. The van der Waals surface area contributed by atoms with Gasteiger partial charge in [-0.1, -0.05) is 76.3 Å². The van der Waals surface area contributed by atoms with Crippen LogP contribution < -0.4 is 83.2 Å². The zero-order valence-corrected chi connectivity index (χ0v) is 76.7. The fourth-order valence-corrected chi connectivity index (χ4v) is 21.3. The van der Waals surface area contributed by atoms with Gasteiger partial charge in [0.25, 0.3) is 0 Å². The number of urea groups is 1. The summed E-state index contributed by atoms with van der Waals surface area (Å²) in [7, 11) is -2.16. The predicted octanol–water partition coefficient (Wildman–Crippen LogP) is 2.57. The van der Waals surface area contributed by atoms with Crippen LogP contribution in [0.2, 0.25) is 0 Å². The zero-order valence-electron chi connectivity index (χ0n) is 75.2. The van der Waals surface area contributed by atoms with Gasteiger partial charge in [-0.05, 0) is 210 Å². The minimum Gasteiger partial charge on any atom is -0.507 e. The molecule has 7 heterocycles. The van der Waals surface area contributed by atoms with Crippen LogP contribution >= 0.6 is 11.6 Å². The van der Waals surface area contributed by atoms with Gasteiger partial charge in [0, 0.05) is 54.7 Å². The number of unbranched alkanes of at least 4 members (excludes halogenated alkanes) is 4. The molecule has 726 valence electrons. The first kappa shape index (κ1) is 99.1. The van der Waals surface area contributed by atoms with Gasteiger partial charge in [0.05, 0.1) is 47.6 Å². The second-order valence-corrected chi connectivity index (χ2v) is 40.1. The molecule has 5 saturated carbocycles. The molecule has 19 atom stereocenters. The van der Waals surface area contributed by atoms with Crippen LogP contribution in [0.1, 0.15) is 201 Å². The topological polar surface area (TPSA) is 596 Å². The molecule has 133 heavy (non-hydrogen) atoms. The zero-order chi connectivity index (χ0) is 95.5. The first-order chi connectivity index (χ1) is 63.3. The number of imide groups is 1. The summed E-state index contributed by atoms with van der Waals surface area (Å²) < 4.78 is 68.3. The molecule has 0 aromatic heterocycles. The number of likely N-dealkylation sites (N-methyl/N-ethyl adjacent to an activating group) is 1. The molecule has 2 saturated heterocycles. The van der Waals surface area contributed by atoms with E-state index in [9.17, 15) is 68.8 Å². The van der Waals surface area contributed by atoms with Crippen molar-refractivity contribution in [2.75, 3.05) is 32.5 Å². The van der Waals surface area contributed by atoms with Crippen LogP contribution in [0.15, 0.2) is 77.4 Å². The highest BCUT2D eigenvalue weighted by Crippen LogP contribution is 2.55. The number of benzene rings is 4. The molecule has 4 aromatic carbocycles.